The zero-order valence-corrected chi connectivity index (χ0v) is 18.9. The number of carbonyl (C=O) groups is 3. The monoisotopic (exact) mass is 429 g/mol. The molecule has 31 heavy (non-hydrogen) atoms. The summed E-state index contributed by atoms with van der Waals surface area (Å²) in [6.07, 6.45) is -0.0485. The van der Waals surface area contributed by atoms with Gasteiger partial charge < -0.3 is 20.4 Å². The number of piperazine rings is 2. The molecule has 0 radical (unpaired) electrons. The molecule has 1 aromatic carbocycles. The summed E-state index contributed by atoms with van der Waals surface area (Å²) in [4.78, 5) is 44.2. The third-order valence-electron chi connectivity index (χ3n) is 6.16. The fourth-order valence-corrected chi connectivity index (χ4v) is 4.10. The Labute approximate surface area is 184 Å². The van der Waals surface area contributed by atoms with E-state index in [0.717, 1.165) is 32.7 Å². The lowest BCUT2D eigenvalue weighted by atomic mass is 10.0. The summed E-state index contributed by atoms with van der Waals surface area (Å²) in [6.45, 7) is 12.1. The molecular weight excluding hydrogens is 394 g/mol. The molecule has 8 nitrogen and oxygen atoms in total. The molecule has 3 rings (SSSR count). The first-order valence-electron chi connectivity index (χ1n) is 11.3. The molecule has 170 valence electrons. The molecule has 1 aromatic rings. The maximum absolute atomic E-state index is 13.0. The molecule has 0 bridgehead atoms. The summed E-state index contributed by atoms with van der Waals surface area (Å²) in [5.74, 6) is -0.200. The highest BCUT2D eigenvalue weighted by Crippen LogP contribution is 2.18. The predicted molar refractivity (Wildman–Crippen MR) is 121 cm³/mol. The Morgan fingerprint density at radius 3 is 2.32 bits per heavy atom. The van der Waals surface area contributed by atoms with Gasteiger partial charge in [0, 0.05) is 45.0 Å². The third-order valence-corrected chi connectivity index (χ3v) is 6.16. The van der Waals surface area contributed by atoms with E-state index in [1.807, 2.05) is 24.3 Å². The zero-order valence-electron chi connectivity index (χ0n) is 18.9. The van der Waals surface area contributed by atoms with Gasteiger partial charge in [-0.15, -0.1) is 0 Å². The van der Waals surface area contributed by atoms with Crippen molar-refractivity contribution in [3.05, 3.63) is 29.8 Å². The summed E-state index contributed by atoms with van der Waals surface area (Å²) in [6, 6.07) is 6.94. The lowest BCUT2D eigenvalue weighted by Crippen LogP contribution is -2.60. The van der Waals surface area contributed by atoms with Gasteiger partial charge in [0.2, 0.25) is 17.7 Å². The molecule has 0 saturated carbocycles. The Kier molecular flexibility index (Phi) is 8.03. The van der Waals surface area contributed by atoms with Gasteiger partial charge in [0.1, 0.15) is 6.04 Å². The van der Waals surface area contributed by atoms with Crippen molar-refractivity contribution in [1.29, 1.82) is 0 Å². The maximum Gasteiger partial charge on any atom is 0.243 e. The Hall–Kier alpha value is -2.45. The van der Waals surface area contributed by atoms with E-state index >= 15 is 0 Å². The molecule has 0 spiro atoms. The largest absolute Gasteiger partial charge is 0.353 e. The number of benzene rings is 1. The van der Waals surface area contributed by atoms with Crippen LogP contribution in [0, 0.1) is 0 Å². The van der Waals surface area contributed by atoms with Crippen LogP contribution >= 0.6 is 0 Å². The Morgan fingerprint density at radius 2 is 1.71 bits per heavy atom. The number of hydrogen-bond acceptors (Lipinski definition) is 5. The first-order chi connectivity index (χ1) is 14.9. The quantitative estimate of drug-likeness (QED) is 0.678. The Balaban J connectivity index is 1.57. The highest BCUT2D eigenvalue weighted by Gasteiger charge is 2.35. The summed E-state index contributed by atoms with van der Waals surface area (Å²) in [5.41, 5.74) is 1.89. The SMILES string of the molecule is CCN1CCN(CC(=O)N2CCNC(=O)C2CC(=O)Nc2ccc(C(C)C)cc2)CC1. The topological polar surface area (TPSA) is 85.0 Å². The molecular formula is C23H35N5O3. The third kappa shape index (κ3) is 6.27. The van der Waals surface area contributed by atoms with Gasteiger partial charge in [0.05, 0.1) is 13.0 Å². The first kappa shape index (κ1) is 23.2. The highest BCUT2D eigenvalue weighted by molar-refractivity contribution is 5.97. The van der Waals surface area contributed by atoms with Crippen molar-refractivity contribution in [2.45, 2.75) is 39.2 Å². The van der Waals surface area contributed by atoms with Crippen LogP contribution in [0.25, 0.3) is 0 Å². The van der Waals surface area contributed by atoms with E-state index in [1.165, 1.54) is 5.56 Å². The molecule has 8 heteroatoms. The molecule has 0 aromatic heterocycles. The predicted octanol–water partition coefficient (Wildman–Crippen LogP) is 1.10. The van der Waals surface area contributed by atoms with Crippen molar-refractivity contribution in [3.63, 3.8) is 0 Å². The van der Waals surface area contributed by atoms with Crippen molar-refractivity contribution in [2.75, 3.05) is 57.7 Å². The molecule has 3 amide bonds. The van der Waals surface area contributed by atoms with Gasteiger partial charge in [-0.1, -0.05) is 32.9 Å². The fourth-order valence-electron chi connectivity index (χ4n) is 4.10. The molecule has 1 atom stereocenters. The Morgan fingerprint density at radius 1 is 1.06 bits per heavy atom. The van der Waals surface area contributed by atoms with Crippen LogP contribution < -0.4 is 10.6 Å². The number of likely N-dealkylation sites (N-methyl/N-ethyl adjacent to an activating group) is 1. The van der Waals surface area contributed by atoms with Crippen molar-refractivity contribution in [1.82, 2.24) is 20.0 Å². The molecule has 2 aliphatic rings. The van der Waals surface area contributed by atoms with E-state index in [4.69, 9.17) is 0 Å². The summed E-state index contributed by atoms with van der Waals surface area (Å²) < 4.78 is 0. The lowest BCUT2D eigenvalue weighted by Gasteiger charge is -2.38. The number of anilines is 1. The van der Waals surface area contributed by atoms with Crippen LogP contribution in [0.1, 0.15) is 38.7 Å². The number of amides is 3. The maximum atomic E-state index is 13.0. The first-order valence-corrected chi connectivity index (χ1v) is 11.3. The number of hydrogen-bond donors (Lipinski definition) is 2. The van der Waals surface area contributed by atoms with Gasteiger partial charge in [-0.05, 0) is 30.2 Å². The van der Waals surface area contributed by atoms with Crippen molar-refractivity contribution in [3.8, 4) is 0 Å². The van der Waals surface area contributed by atoms with Crippen molar-refractivity contribution < 1.29 is 14.4 Å². The van der Waals surface area contributed by atoms with Gasteiger partial charge in [-0.3, -0.25) is 19.3 Å². The normalized spacial score (nSPS) is 20.6. The van der Waals surface area contributed by atoms with E-state index in [9.17, 15) is 14.4 Å². The number of nitrogens with one attached hydrogen (secondary N) is 2. The van der Waals surface area contributed by atoms with Gasteiger partial charge >= 0.3 is 0 Å². The second-order valence-electron chi connectivity index (χ2n) is 8.63. The van der Waals surface area contributed by atoms with Crippen LogP contribution in [0.3, 0.4) is 0 Å². The van der Waals surface area contributed by atoms with Gasteiger partial charge in [0.25, 0.3) is 0 Å². The molecule has 2 heterocycles. The number of rotatable bonds is 7. The van der Waals surface area contributed by atoms with Crippen molar-refractivity contribution in [2.24, 2.45) is 0 Å². The molecule has 2 fully saturated rings. The minimum Gasteiger partial charge on any atom is -0.353 e. The minimum atomic E-state index is -0.770. The second-order valence-corrected chi connectivity index (χ2v) is 8.63. The van der Waals surface area contributed by atoms with Crippen LogP contribution in [-0.4, -0.2) is 90.8 Å². The van der Waals surface area contributed by atoms with Gasteiger partial charge in [-0.25, -0.2) is 0 Å². The minimum absolute atomic E-state index is 0.0485. The molecule has 2 aliphatic heterocycles. The molecule has 2 saturated heterocycles. The van der Waals surface area contributed by atoms with Crippen LogP contribution in [0.4, 0.5) is 5.69 Å². The van der Waals surface area contributed by atoms with Crippen LogP contribution in [0.5, 0.6) is 0 Å². The fraction of sp³-hybridized carbons (Fsp3) is 0.609. The van der Waals surface area contributed by atoms with Crippen LogP contribution in [0.2, 0.25) is 0 Å². The average Bonchev–Trinajstić information content (AvgIpc) is 2.76. The number of carbonyl (C=O) groups excluding carboxylic acids is 3. The van der Waals surface area contributed by atoms with Crippen LogP contribution in [-0.2, 0) is 14.4 Å². The van der Waals surface area contributed by atoms with E-state index in [2.05, 4.69) is 41.2 Å². The molecule has 2 N–H and O–H groups in total. The zero-order chi connectivity index (χ0) is 22.4. The number of nitrogens with zero attached hydrogens (tertiary/aromatic N) is 3. The van der Waals surface area contributed by atoms with Crippen molar-refractivity contribution >= 4 is 23.4 Å². The Bertz CT molecular complexity index is 772. The smallest absolute Gasteiger partial charge is 0.243 e. The highest BCUT2D eigenvalue weighted by atomic mass is 16.2. The van der Waals surface area contributed by atoms with Crippen LogP contribution in [0.15, 0.2) is 24.3 Å². The van der Waals surface area contributed by atoms with Gasteiger partial charge in [-0.2, -0.15) is 0 Å². The van der Waals surface area contributed by atoms with E-state index in [0.29, 0.717) is 31.2 Å². The van der Waals surface area contributed by atoms with Gasteiger partial charge in [0.15, 0.2) is 0 Å². The molecule has 0 aliphatic carbocycles. The summed E-state index contributed by atoms with van der Waals surface area (Å²) in [7, 11) is 0. The average molecular weight is 430 g/mol. The van der Waals surface area contributed by atoms with E-state index in [-0.39, 0.29) is 24.1 Å². The van der Waals surface area contributed by atoms with E-state index in [1.54, 1.807) is 4.90 Å². The second kappa shape index (κ2) is 10.7. The standard InChI is InChI=1S/C23H35N5O3/c1-4-26-11-13-27(14-12-26)16-22(30)28-10-9-24-23(31)20(28)15-21(29)25-19-7-5-18(6-8-19)17(2)3/h5-8,17,20H,4,9-16H2,1-3H3,(H,24,31)(H,25,29). The summed E-state index contributed by atoms with van der Waals surface area (Å²) in [5, 5.41) is 5.65. The van der Waals surface area contributed by atoms with E-state index < -0.39 is 6.04 Å². The lowest BCUT2D eigenvalue weighted by molar-refractivity contribution is -0.145. The summed E-state index contributed by atoms with van der Waals surface area (Å²) >= 11 is 0. The molecule has 1 unspecified atom stereocenters.